The molecule has 1 rings (SSSR count). The van der Waals surface area contributed by atoms with E-state index in [1.165, 1.54) is 0 Å². The number of hydrogen-bond donors (Lipinski definition) is 0. The molecule has 0 aromatic heterocycles. The first-order valence-corrected chi connectivity index (χ1v) is 6.99. The summed E-state index contributed by atoms with van der Waals surface area (Å²) in [5, 5.41) is 0. The normalized spacial score (nSPS) is 10.7. The van der Waals surface area contributed by atoms with Crippen LogP contribution in [0.15, 0.2) is 24.3 Å². The van der Waals surface area contributed by atoms with Gasteiger partial charge in [-0.3, -0.25) is 4.79 Å². The van der Waals surface area contributed by atoms with Gasteiger partial charge in [0.25, 0.3) is 0 Å². The summed E-state index contributed by atoms with van der Waals surface area (Å²) < 4.78 is 5.44. The fraction of sp³-hybridized carbons (Fsp3) is 0.562. The van der Waals surface area contributed by atoms with Crippen molar-refractivity contribution in [3.05, 3.63) is 29.8 Å². The molecule has 0 aliphatic carbocycles. The van der Waals surface area contributed by atoms with Gasteiger partial charge in [-0.05, 0) is 31.9 Å². The average Bonchev–Trinajstić information content (AvgIpc) is 2.38. The van der Waals surface area contributed by atoms with Crippen LogP contribution >= 0.6 is 0 Å². The molecule has 18 heavy (non-hydrogen) atoms. The summed E-state index contributed by atoms with van der Waals surface area (Å²) in [4.78, 5) is 12.4. The second-order valence-electron chi connectivity index (χ2n) is 4.60. The summed E-state index contributed by atoms with van der Waals surface area (Å²) >= 11 is 0. The standard InChI is InChI=1S/C16H24O2/c1-4-8-13(9-5-2)16(17)14-10-7-11-15(12-14)18-6-3/h7,10-13H,4-6,8-9H2,1-3H3. The SMILES string of the molecule is CCCC(CCC)C(=O)c1cccc(OCC)c1. The molecule has 0 bridgehead atoms. The molecule has 100 valence electrons. The molecule has 1 aromatic carbocycles. The summed E-state index contributed by atoms with van der Waals surface area (Å²) in [6, 6.07) is 7.55. The van der Waals surface area contributed by atoms with Gasteiger partial charge in [-0.15, -0.1) is 0 Å². The van der Waals surface area contributed by atoms with E-state index < -0.39 is 0 Å². The fourth-order valence-corrected chi connectivity index (χ4v) is 2.24. The van der Waals surface area contributed by atoms with Gasteiger partial charge in [0.15, 0.2) is 5.78 Å². The van der Waals surface area contributed by atoms with Crippen molar-refractivity contribution in [2.24, 2.45) is 5.92 Å². The third-order valence-corrected chi connectivity index (χ3v) is 3.07. The Morgan fingerprint density at radius 3 is 2.39 bits per heavy atom. The summed E-state index contributed by atoms with van der Waals surface area (Å²) in [5.74, 6) is 1.22. The molecule has 0 amide bonds. The second kappa shape index (κ2) is 7.91. The molecular weight excluding hydrogens is 224 g/mol. The van der Waals surface area contributed by atoms with Crippen LogP contribution in [0.1, 0.15) is 56.8 Å². The summed E-state index contributed by atoms with van der Waals surface area (Å²) in [7, 11) is 0. The van der Waals surface area contributed by atoms with Gasteiger partial charge in [0, 0.05) is 11.5 Å². The molecule has 0 heterocycles. The van der Waals surface area contributed by atoms with E-state index >= 15 is 0 Å². The number of Topliss-reactive ketones (excluding diaryl/α,β-unsaturated/α-hetero) is 1. The van der Waals surface area contributed by atoms with E-state index in [4.69, 9.17) is 4.74 Å². The van der Waals surface area contributed by atoms with E-state index in [1.54, 1.807) is 0 Å². The van der Waals surface area contributed by atoms with Gasteiger partial charge >= 0.3 is 0 Å². The lowest BCUT2D eigenvalue weighted by molar-refractivity contribution is 0.0904. The first-order valence-electron chi connectivity index (χ1n) is 6.99. The zero-order valence-electron chi connectivity index (χ0n) is 11.7. The van der Waals surface area contributed by atoms with Gasteiger partial charge < -0.3 is 4.74 Å². The quantitative estimate of drug-likeness (QED) is 0.634. The smallest absolute Gasteiger partial charge is 0.166 e. The predicted octanol–water partition coefficient (Wildman–Crippen LogP) is 4.48. The molecule has 0 N–H and O–H groups in total. The van der Waals surface area contributed by atoms with Crippen molar-refractivity contribution >= 4 is 5.78 Å². The maximum atomic E-state index is 12.4. The molecule has 0 spiro atoms. The van der Waals surface area contributed by atoms with E-state index in [0.717, 1.165) is 37.0 Å². The van der Waals surface area contributed by atoms with Gasteiger partial charge in [0.1, 0.15) is 5.75 Å². The van der Waals surface area contributed by atoms with E-state index in [2.05, 4.69) is 13.8 Å². The largest absolute Gasteiger partial charge is 0.494 e. The van der Waals surface area contributed by atoms with Crippen LogP contribution in [0.5, 0.6) is 5.75 Å². The molecule has 0 radical (unpaired) electrons. The monoisotopic (exact) mass is 248 g/mol. The molecule has 0 aliphatic rings. The Hall–Kier alpha value is -1.31. The fourth-order valence-electron chi connectivity index (χ4n) is 2.24. The van der Waals surface area contributed by atoms with E-state index in [-0.39, 0.29) is 11.7 Å². The molecule has 2 heteroatoms. The maximum Gasteiger partial charge on any atom is 0.166 e. The summed E-state index contributed by atoms with van der Waals surface area (Å²) in [5.41, 5.74) is 0.785. The van der Waals surface area contributed by atoms with E-state index in [9.17, 15) is 4.79 Å². The Morgan fingerprint density at radius 1 is 1.17 bits per heavy atom. The summed E-state index contributed by atoms with van der Waals surface area (Å²) in [6.07, 6.45) is 4.07. The van der Waals surface area contributed by atoms with Crippen molar-refractivity contribution in [1.82, 2.24) is 0 Å². The highest BCUT2D eigenvalue weighted by atomic mass is 16.5. The molecule has 0 fully saturated rings. The van der Waals surface area contributed by atoms with Crippen LogP contribution in [-0.2, 0) is 0 Å². The van der Waals surface area contributed by atoms with Gasteiger partial charge in [0.2, 0.25) is 0 Å². The highest BCUT2D eigenvalue weighted by molar-refractivity contribution is 5.98. The lowest BCUT2D eigenvalue weighted by Crippen LogP contribution is -2.14. The topological polar surface area (TPSA) is 26.3 Å². The first-order chi connectivity index (χ1) is 8.72. The molecule has 0 saturated heterocycles. The van der Waals surface area contributed by atoms with Crippen LogP contribution in [-0.4, -0.2) is 12.4 Å². The minimum Gasteiger partial charge on any atom is -0.494 e. The number of carbonyl (C=O) groups excluding carboxylic acids is 1. The molecule has 0 atom stereocenters. The molecule has 2 nitrogen and oxygen atoms in total. The Bertz CT molecular complexity index is 365. The van der Waals surface area contributed by atoms with Crippen LogP contribution in [0.3, 0.4) is 0 Å². The van der Waals surface area contributed by atoms with Crippen LogP contribution in [0, 0.1) is 5.92 Å². The lowest BCUT2D eigenvalue weighted by Gasteiger charge is -2.14. The van der Waals surface area contributed by atoms with Crippen LogP contribution in [0.2, 0.25) is 0 Å². The maximum absolute atomic E-state index is 12.4. The Kier molecular flexibility index (Phi) is 6.48. The highest BCUT2D eigenvalue weighted by Gasteiger charge is 2.18. The Morgan fingerprint density at radius 2 is 1.83 bits per heavy atom. The second-order valence-corrected chi connectivity index (χ2v) is 4.60. The van der Waals surface area contributed by atoms with Gasteiger partial charge in [-0.25, -0.2) is 0 Å². The van der Waals surface area contributed by atoms with Crippen LogP contribution in [0.4, 0.5) is 0 Å². The number of rotatable bonds is 8. The molecule has 1 aromatic rings. The third kappa shape index (κ3) is 4.17. The zero-order valence-corrected chi connectivity index (χ0v) is 11.7. The van der Waals surface area contributed by atoms with E-state index in [0.29, 0.717) is 6.61 Å². The van der Waals surface area contributed by atoms with Gasteiger partial charge in [-0.1, -0.05) is 38.8 Å². The van der Waals surface area contributed by atoms with Crippen molar-refractivity contribution in [2.45, 2.75) is 46.5 Å². The highest BCUT2D eigenvalue weighted by Crippen LogP contribution is 2.22. The van der Waals surface area contributed by atoms with Crippen LogP contribution < -0.4 is 4.74 Å². The minimum absolute atomic E-state index is 0.164. The molecule has 0 saturated carbocycles. The first kappa shape index (κ1) is 14.7. The number of hydrogen-bond acceptors (Lipinski definition) is 2. The predicted molar refractivity (Wildman–Crippen MR) is 75.2 cm³/mol. The lowest BCUT2D eigenvalue weighted by atomic mass is 9.90. The average molecular weight is 248 g/mol. The van der Waals surface area contributed by atoms with Crippen molar-refractivity contribution < 1.29 is 9.53 Å². The van der Waals surface area contributed by atoms with Crippen LogP contribution in [0.25, 0.3) is 0 Å². The Balaban J connectivity index is 2.82. The molecular formula is C16H24O2. The number of ketones is 1. The molecule has 0 aliphatic heterocycles. The number of carbonyl (C=O) groups is 1. The number of benzene rings is 1. The third-order valence-electron chi connectivity index (χ3n) is 3.07. The van der Waals surface area contributed by atoms with Crippen molar-refractivity contribution in [1.29, 1.82) is 0 Å². The van der Waals surface area contributed by atoms with Crippen molar-refractivity contribution in [2.75, 3.05) is 6.61 Å². The number of ether oxygens (including phenoxy) is 1. The zero-order chi connectivity index (χ0) is 13.4. The Labute approximate surface area is 110 Å². The van der Waals surface area contributed by atoms with Crippen molar-refractivity contribution in [3.8, 4) is 5.75 Å². The van der Waals surface area contributed by atoms with Gasteiger partial charge in [-0.2, -0.15) is 0 Å². The van der Waals surface area contributed by atoms with Crippen molar-refractivity contribution in [3.63, 3.8) is 0 Å². The minimum atomic E-state index is 0.164. The summed E-state index contributed by atoms with van der Waals surface area (Å²) in [6.45, 7) is 6.84. The molecule has 0 unspecified atom stereocenters. The van der Waals surface area contributed by atoms with Gasteiger partial charge in [0.05, 0.1) is 6.61 Å². The van der Waals surface area contributed by atoms with E-state index in [1.807, 2.05) is 31.2 Å².